The fourth-order valence-corrected chi connectivity index (χ4v) is 4.80. The van der Waals surface area contributed by atoms with E-state index in [-0.39, 0.29) is 11.7 Å². The number of benzene rings is 3. The average Bonchev–Trinajstić information content (AvgIpc) is 3.08. The maximum Gasteiger partial charge on any atom is 0.344 e. The van der Waals surface area contributed by atoms with Gasteiger partial charge in [0.15, 0.2) is 15.8 Å². The third-order valence-corrected chi connectivity index (χ3v) is 6.58. The number of nitrogens with zero attached hydrogens (tertiary/aromatic N) is 1. The summed E-state index contributed by atoms with van der Waals surface area (Å²) in [6.45, 7) is 0. The number of hydrogen-bond acceptors (Lipinski definition) is 6. The average molecular weight is 526 g/mol. The number of hydrogen-bond donors (Lipinski definition) is 0. The van der Waals surface area contributed by atoms with Crippen LogP contribution < -0.4 is 14.4 Å². The Balaban J connectivity index is 1.57. The number of esters is 1. The molecule has 0 aromatic heterocycles. The van der Waals surface area contributed by atoms with E-state index in [4.69, 9.17) is 21.7 Å². The molecule has 1 saturated heterocycles. The molecule has 1 fully saturated rings. The van der Waals surface area contributed by atoms with Gasteiger partial charge in [-0.2, -0.15) is 0 Å². The van der Waals surface area contributed by atoms with Crippen molar-refractivity contribution in [3.8, 4) is 11.5 Å². The lowest BCUT2D eigenvalue weighted by Gasteiger charge is -2.13. The van der Waals surface area contributed by atoms with Gasteiger partial charge in [0.05, 0.1) is 23.3 Å². The first-order chi connectivity index (χ1) is 15.5. The molecule has 1 aliphatic rings. The van der Waals surface area contributed by atoms with Crippen LogP contribution in [-0.2, 0) is 4.79 Å². The number of anilines is 1. The van der Waals surface area contributed by atoms with Crippen molar-refractivity contribution in [2.75, 3.05) is 12.0 Å². The number of halogens is 1. The van der Waals surface area contributed by atoms with Crippen LogP contribution >= 0.6 is 39.9 Å². The minimum atomic E-state index is -0.507. The number of para-hydroxylation sites is 1. The van der Waals surface area contributed by atoms with Gasteiger partial charge in [-0.15, -0.1) is 0 Å². The molecule has 4 rings (SSSR count). The Labute approximate surface area is 203 Å². The van der Waals surface area contributed by atoms with E-state index in [1.165, 1.54) is 23.8 Å². The molecule has 0 unspecified atom stereocenters. The molecule has 32 heavy (non-hydrogen) atoms. The van der Waals surface area contributed by atoms with E-state index in [0.29, 0.717) is 25.0 Å². The molecule has 0 aliphatic carbocycles. The summed E-state index contributed by atoms with van der Waals surface area (Å²) in [5.74, 6) is -0.0400. The topological polar surface area (TPSA) is 55.8 Å². The highest BCUT2D eigenvalue weighted by molar-refractivity contribution is 9.10. The molecule has 5 nitrogen and oxygen atoms in total. The highest BCUT2D eigenvalue weighted by Gasteiger charge is 2.33. The van der Waals surface area contributed by atoms with Gasteiger partial charge in [-0.1, -0.05) is 60.4 Å². The molecule has 0 atom stereocenters. The van der Waals surface area contributed by atoms with Crippen molar-refractivity contribution in [2.24, 2.45) is 0 Å². The summed E-state index contributed by atoms with van der Waals surface area (Å²) in [5, 5.41) is 0. The number of thiocarbonyl (C=S) groups is 1. The number of carbonyl (C=O) groups is 2. The van der Waals surface area contributed by atoms with Gasteiger partial charge in [0.25, 0.3) is 5.91 Å². The van der Waals surface area contributed by atoms with E-state index in [1.54, 1.807) is 42.5 Å². The van der Waals surface area contributed by atoms with E-state index in [9.17, 15) is 9.59 Å². The van der Waals surface area contributed by atoms with Crippen LogP contribution in [0.25, 0.3) is 6.08 Å². The van der Waals surface area contributed by atoms with Crippen molar-refractivity contribution in [2.45, 2.75) is 0 Å². The molecule has 1 amide bonds. The lowest BCUT2D eigenvalue weighted by molar-refractivity contribution is -0.113. The monoisotopic (exact) mass is 525 g/mol. The smallest absolute Gasteiger partial charge is 0.344 e. The molecule has 160 valence electrons. The Hall–Kier alpha value is -2.94. The van der Waals surface area contributed by atoms with Gasteiger partial charge in [-0.3, -0.25) is 9.69 Å². The zero-order valence-corrected chi connectivity index (χ0v) is 20.0. The SMILES string of the molecule is COc1cc(/C=C2/SC(=S)N(c3ccccc3)C2=O)ccc1OC(=O)c1ccccc1Br. The molecule has 1 heterocycles. The largest absolute Gasteiger partial charge is 0.493 e. The summed E-state index contributed by atoms with van der Waals surface area (Å²) in [5.41, 5.74) is 1.85. The predicted octanol–water partition coefficient (Wildman–Crippen LogP) is 6.08. The second-order valence-corrected chi connectivity index (χ2v) is 9.16. The van der Waals surface area contributed by atoms with Gasteiger partial charge < -0.3 is 9.47 Å². The minimum absolute atomic E-state index is 0.186. The Morgan fingerprint density at radius 3 is 2.47 bits per heavy atom. The fourth-order valence-electron chi connectivity index (χ4n) is 3.06. The second-order valence-electron chi connectivity index (χ2n) is 6.63. The van der Waals surface area contributed by atoms with Gasteiger partial charge in [0, 0.05) is 4.47 Å². The van der Waals surface area contributed by atoms with Crippen molar-refractivity contribution < 1.29 is 19.1 Å². The second kappa shape index (κ2) is 9.68. The van der Waals surface area contributed by atoms with E-state index >= 15 is 0 Å². The molecule has 8 heteroatoms. The van der Waals surface area contributed by atoms with Crippen LogP contribution in [0.5, 0.6) is 11.5 Å². The van der Waals surface area contributed by atoms with Crippen LogP contribution in [0.15, 0.2) is 82.2 Å². The van der Waals surface area contributed by atoms with Crippen molar-refractivity contribution in [3.63, 3.8) is 0 Å². The number of rotatable bonds is 5. The maximum absolute atomic E-state index is 12.9. The lowest BCUT2D eigenvalue weighted by atomic mass is 10.1. The van der Waals surface area contributed by atoms with Crippen LogP contribution in [-0.4, -0.2) is 23.3 Å². The standard InChI is InChI=1S/C24H16BrNO4S2/c1-29-20-13-15(11-12-19(20)30-23(28)17-9-5-6-10-18(17)25)14-21-22(27)26(24(31)32-21)16-7-3-2-4-8-16/h2-14H,1H3/b21-14+. The quantitative estimate of drug-likeness (QED) is 0.174. The van der Waals surface area contributed by atoms with Crippen LogP contribution in [0.3, 0.4) is 0 Å². The number of ether oxygens (including phenoxy) is 2. The number of thioether (sulfide) groups is 1. The van der Waals surface area contributed by atoms with E-state index in [1.807, 2.05) is 36.4 Å². The minimum Gasteiger partial charge on any atom is -0.493 e. The molecular weight excluding hydrogens is 510 g/mol. The molecule has 0 spiro atoms. The van der Waals surface area contributed by atoms with Crippen molar-refractivity contribution in [3.05, 3.63) is 93.3 Å². The zero-order valence-electron chi connectivity index (χ0n) is 16.8. The predicted molar refractivity (Wildman–Crippen MR) is 134 cm³/mol. The first-order valence-electron chi connectivity index (χ1n) is 9.45. The summed E-state index contributed by atoms with van der Waals surface area (Å²) in [6, 6.07) is 21.4. The summed E-state index contributed by atoms with van der Waals surface area (Å²) in [4.78, 5) is 27.5. The van der Waals surface area contributed by atoms with Crippen LogP contribution in [0.4, 0.5) is 5.69 Å². The van der Waals surface area contributed by atoms with E-state index < -0.39 is 5.97 Å². The summed E-state index contributed by atoms with van der Waals surface area (Å²) < 4.78 is 12.0. The fraction of sp³-hybridized carbons (Fsp3) is 0.0417. The number of amides is 1. The Morgan fingerprint density at radius 2 is 1.75 bits per heavy atom. The molecular formula is C24H16BrNO4S2. The third-order valence-electron chi connectivity index (χ3n) is 4.59. The molecule has 3 aromatic carbocycles. The Bertz CT molecular complexity index is 1240. The maximum atomic E-state index is 12.9. The van der Waals surface area contributed by atoms with Crippen molar-refractivity contribution in [1.29, 1.82) is 0 Å². The first-order valence-corrected chi connectivity index (χ1v) is 11.5. The Morgan fingerprint density at radius 1 is 1.03 bits per heavy atom. The van der Waals surface area contributed by atoms with Crippen LogP contribution in [0, 0.1) is 0 Å². The highest BCUT2D eigenvalue weighted by Crippen LogP contribution is 2.37. The van der Waals surface area contributed by atoms with E-state index in [2.05, 4.69) is 15.9 Å². The molecule has 0 radical (unpaired) electrons. The Kier molecular flexibility index (Phi) is 6.74. The first kappa shape index (κ1) is 22.3. The number of carbonyl (C=O) groups excluding carboxylic acids is 2. The zero-order chi connectivity index (χ0) is 22.7. The summed E-state index contributed by atoms with van der Waals surface area (Å²) in [7, 11) is 1.49. The van der Waals surface area contributed by atoms with Crippen LogP contribution in [0.1, 0.15) is 15.9 Å². The van der Waals surface area contributed by atoms with Crippen molar-refractivity contribution >= 4 is 67.9 Å². The van der Waals surface area contributed by atoms with Gasteiger partial charge in [-0.25, -0.2) is 4.79 Å². The molecule has 0 N–H and O–H groups in total. The summed E-state index contributed by atoms with van der Waals surface area (Å²) >= 11 is 9.99. The lowest BCUT2D eigenvalue weighted by Crippen LogP contribution is -2.27. The summed E-state index contributed by atoms with van der Waals surface area (Å²) in [6.07, 6.45) is 1.74. The highest BCUT2D eigenvalue weighted by atomic mass is 79.9. The van der Waals surface area contributed by atoms with Gasteiger partial charge in [0.1, 0.15) is 0 Å². The van der Waals surface area contributed by atoms with Gasteiger partial charge in [0.2, 0.25) is 0 Å². The van der Waals surface area contributed by atoms with Crippen molar-refractivity contribution in [1.82, 2.24) is 0 Å². The normalized spacial score (nSPS) is 14.7. The number of methoxy groups -OCH3 is 1. The van der Waals surface area contributed by atoms with E-state index in [0.717, 1.165) is 11.3 Å². The molecule has 1 aliphatic heterocycles. The molecule has 0 saturated carbocycles. The van der Waals surface area contributed by atoms with Crippen LogP contribution in [0.2, 0.25) is 0 Å². The van der Waals surface area contributed by atoms with Gasteiger partial charge in [-0.05, 0) is 64.0 Å². The molecule has 3 aromatic rings. The van der Waals surface area contributed by atoms with Gasteiger partial charge >= 0.3 is 5.97 Å². The third kappa shape index (κ3) is 4.62. The molecule has 0 bridgehead atoms.